The Balaban J connectivity index is 1.59. The Hall–Kier alpha value is -1.61. The van der Waals surface area contributed by atoms with Crippen LogP contribution in [-0.2, 0) is 6.54 Å². The number of benzene rings is 2. The molecule has 1 fully saturated rings. The fourth-order valence-corrected chi connectivity index (χ4v) is 3.34. The van der Waals surface area contributed by atoms with Crippen molar-refractivity contribution in [3.63, 3.8) is 0 Å². The van der Waals surface area contributed by atoms with Gasteiger partial charge >= 0.3 is 0 Å². The van der Waals surface area contributed by atoms with Gasteiger partial charge < -0.3 is 10.6 Å². The van der Waals surface area contributed by atoms with Crippen LogP contribution in [0.1, 0.15) is 37.7 Å². The summed E-state index contributed by atoms with van der Waals surface area (Å²) in [5, 5.41) is 10.2. The van der Waals surface area contributed by atoms with Crippen LogP contribution in [0, 0.1) is 0 Å². The highest BCUT2D eigenvalue weighted by molar-refractivity contribution is 7.80. The molecule has 0 bridgehead atoms. The predicted molar refractivity (Wildman–Crippen MR) is 93.4 cm³/mol. The number of hydrogen-bond donors (Lipinski definition) is 2. The molecule has 2 aromatic carbocycles. The SMILES string of the molecule is S=C(NCc1cccc2ccccc12)NC1CCCCC1. The Morgan fingerprint density at radius 1 is 1.00 bits per heavy atom. The van der Waals surface area contributed by atoms with Crippen molar-refractivity contribution < 1.29 is 0 Å². The van der Waals surface area contributed by atoms with E-state index in [0.717, 1.165) is 11.7 Å². The summed E-state index contributed by atoms with van der Waals surface area (Å²) in [6, 6.07) is 15.5. The van der Waals surface area contributed by atoms with Crippen molar-refractivity contribution in [3.8, 4) is 0 Å². The largest absolute Gasteiger partial charge is 0.360 e. The Kier molecular flexibility index (Phi) is 4.71. The van der Waals surface area contributed by atoms with Gasteiger partial charge in [0, 0.05) is 12.6 Å². The number of nitrogens with one attached hydrogen (secondary N) is 2. The maximum atomic E-state index is 5.43. The van der Waals surface area contributed by atoms with Crippen LogP contribution in [0.3, 0.4) is 0 Å². The van der Waals surface area contributed by atoms with Crippen LogP contribution in [-0.4, -0.2) is 11.2 Å². The van der Waals surface area contributed by atoms with Gasteiger partial charge in [0.2, 0.25) is 0 Å². The number of thiocarbonyl (C=S) groups is 1. The lowest BCUT2D eigenvalue weighted by Gasteiger charge is -2.24. The second kappa shape index (κ2) is 6.90. The summed E-state index contributed by atoms with van der Waals surface area (Å²) >= 11 is 5.43. The van der Waals surface area contributed by atoms with Crippen LogP contribution in [0.2, 0.25) is 0 Å². The maximum Gasteiger partial charge on any atom is 0.166 e. The number of fused-ring (bicyclic) bond motifs is 1. The first-order valence-electron chi connectivity index (χ1n) is 7.84. The molecule has 21 heavy (non-hydrogen) atoms. The standard InChI is InChI=1S/C18H22N2S/c21-18(20-16-10-2-1-3-11-16)19-13-15-9-6-8-14-7-4-5-12-17(14)15/h4-9,12,16H,1-3,10-11,13H2,(H2,19,20,21). The summed E-state index contributed by atoms with van der Waals surface area (Å²) in [6.45, 7) is 0.778. The highest BCUT2D eigenvalue weighted by atomic mass is 32.1. The van der Waals surface area contributed by atoms with Crippen molar-refractivity contribution >= 4 is 28.1 Å². The fourth-order valence-electron chi connectivity index (χ4n) is 3.11. The summed E-state index contributed by atoms with van der Waals surface area (Å²) in [7, 11) is 0. The third-order valence-corrected chi connectivity index (χ3v) is 4.52. The molecular formula is C18H22N2S. The van der Waals surface area contributed by atoms with Crippen molar-refractivity contribution in [1.82, 2.24) is 10.6 Å². The molecule has 0 saturated heterocycles. The van der Waals surface area contributed by atoms with E-state index in [0.29, 0.717) is 6.04 Å². The van der Waals surface area contributed by atoms with Crippen LogP contribution < -0.4 is 10.6 Å². The molecule has 2 nitrogen and oxygen atoms in total. The average molecular weight is 298 g/mol. The number of hydrogen-bond acceptors (Lipinski definition) is 1. The van der Waals surface area contributed by atoms with Crippen molar-refractivity contribution in [3.05, 3.63) is 48.0 Å². The molecule has 1 saturated carbocycles. The van der Waals surface area contributed by atoms with Crippen molar-refractivity contribution in [2.45, 2.75) is 44.7 Å². The minimum Gasteiger partial charge on any atom is -0.360 e. The van der Waals surface area contributed by atoms with Gasteiger partial charge in [-0.05, 0) is 41.4 Å². The second-order valence-electron chi connectivity index (χ2n) is 5.80. The summed E-state index contributed by atoms with van der Waals surface area (Å²) in [5.74, 6) is 0. The zero-order valence-corrected chi connectivity index (χ0v) is 13.1. The van der Waals surface area contributed by atoms with Crippen molar-refractivity contribution in [1.29, 1.82) is 0 Å². The lowest BCUT2D eigenvalue weighted by molar-refractivity contribution is 0.412. The van der Waals surface area contributed by atoms with E-state index in [9.17, 15) is 0 Å². The summed E-state index contributed by atoms with van der Waals surface area (Å²) in [6.07, 6.45) is 6.51. The molecule has 0 atom stereocenters. The van der Waals surface area contributed by atoms with Crippen LogP contribution in [0.4, 0.5) is 0 Å². The molecule has 1 aliphatic carbocycles. The Morgan fingerprint density at radius 2 is 1.76 bits per heavy atom. The zero-order chi connectivity index (χ0) is 14.5. The van der Waals surface area contributed by atoms with E-state index in [1.807, 2.05) is 0 Å². The van der Waals surface area contributed by atoms with Crippen molar-refractivity contribution in [2.24, 2.45) is 0 Å². The summed E-state index contributed by atoms with van der Waals surface area (Å²) < 4.78 is 0. The van der Waals surface area contributed by atoms with E-state index < -0.39 is 0 Å². The van der Waals surface area contributed by atoms with Gasteiger partial charge in [0.05, 0.1) is 0 Å². The Bertz CT molecular complexity index is 612. The monoisotopic (exact) mass is 298 g/mol. The quantitative estimate of drug-likeness (QED) is 0.833. The molecule has 0 radical (unpaired) electrons. The molecule has 0 aliphatic heterocycles. The van der Waals surface area contributed by atoms with E-state index in [1.165, 1.54) is 48.4 Å². The third-order valence-electron chi connectivity index (χ3n) is 4.26. The second-order valence-corrected chi connectivity index (χ2v) is 6.21. The highest BCUT2D eigenvalue weighted by Gasteiger charge is 2.13. The normalized spacial score (nSPS) is 15.8. The van der Waals surface area contributed by atoms with Gasteiger partial charge in [0.25, 0.3) is 0 Å². The molecule has 0 unspecified atom stereocenters. The van der Waals surface area contributed by atoms with Gasteiger partial charge in [-0.25, -0.2) is 0 Å². The van der Waals surface area contributed by atoms with Gasteiger partial charge in [-0.15, -0.1) is 0 Å². The Morgan fingerprint density at radius 3 is 2.62 bits per heavy atom. The van der Waals surface area contributed by atoms with Gasteiger partial charge in [-0.1, -0.05) is 61.7 Å². The first kappa shape index (κ1) is 14.3. The molecule has 110 valence electrons. The maximum absolute atomic E-state index is 5.43. The molecular weight excluding hydrogens is 276 g/mol. The molecule has 0 spiro atoms. The minimum atomic E-state index is 0.561. The first-order chi connectivity index (χ1) is 10.3. The highest BCUT2D eigenvalue weighted by Crippen LogP contribution is 2.19. The molecule has 3 rings (SSSR count). The van der Waals surface area contributed by atoms with Gasteiger partial charge in [0.1, 0.15) is 0 Å². The predicted octanol–water partition coefficient (Wildman–Crippen LogP) is 4.14. The molecule has 0 heterocycles. The zero-order valence-electron chi connectivity index (χ0n) is 12.3. The van der Waals surface area contributed by atoms with Crippen LogP contribution in [0.5, 0.6) is 0 Å². The van der Waals surface area contributed by atoms with E-state index in [4.69, 9.17) is 12.2 Å². The van der Waals surface area contributed by atoms with Gasteiger partial charge in [-0.3, -0.25) is 0 Å². The van der Waals surface area contributed by atoms with Gasteiger partial charge in [0.15, 0.2) is 5.11 Å². The van der Waals surface area contributed by atoms with Crippen molar-refractivity contribution in [2.75, 3.05) is 0 Å². The topological polar surface area (TPSA) is 24.1 Å². The first-order valence-corrected chi connectivity index (χ1v) is 8.25. The lowest BCUT2D eigenvalue weighted by atomic mass is 9.96. The van der Waals surface area contributed by atoms with E-state index >= 15 is 0 Å². The van der Waals surface area contributed by atoms with Crippen LogP contribution >= 0.6 is 12.2 Å². The molecule has 1 aliphatic rings. The fraction of sp³-hybridized carbons (Fsp3) is 0.389. The van der Waals surface area contributed by atoms with Crippen LogP contribution in [0.25, 0.3) is 10.8 Å². The molecule has 2 N–H and O–H groups in total. The lowest BCUT2D eigenvalue weighted by Crippen LogP contribution is -2.42. The van der Waals surface area contributed by atoms with E-state index in [2.05, 4.69) is 53.1 Å². The third kappa shape index (κ3) is 3.73. The van der Waals surface area contributed by atoms with Gasteiger partial charge in [-0.2, -0.15) is 0 Å². The number of rotatable bonds is 3. The summed E-state index contributed by atoms with van der Waals surface area (Å²) in [5.41, 5.74) is 1.29. The summed E-state index contributed by atoms with van der Waals surface area (Å²) in [4.78, 5) is 0. The molecule has 0 amide bonds. The minimum absolute atomic E-state index is 0.561. The molecule has 2 aromatic rings. The molecule has 3 heteroatoms. The molecule has 0 aromatic heterocycles. The smallest absolute Gasteiger partial charge is 0.166 e. The Labute approximate surface area is 131 Å². The van der Waals surface area contributed by atoms with E-state index in [1.54, 1.807) is 0 Å². The average Bonchev–Trinajstić information content (AvgIpc) is 2.54. The van der Waals surface area contributed by atoms with E-state index in [-0.39, 0.29) is 0 Å². The van der Waals surface area contributed by atoms with Crippen LogP contribution in [0.15, 0.2) is 42.5 Å².